The Morgan fingerprint density at radius 3 is 2.69 bits per heavy atom. The Kier molecular flexibility index (Phi) is 7.26. The highest BCUT2D eigenvalue weighted by Crippen LogP contribution is 2.28. The first-order chi connectivity index (χ1) is 13.8. The van der Waals surface area contributed by atoms with Crippen molar-refractivity contribution in [2.75, 3.05) is 6.54 Å². The van der Waals surface area contributed by atoms with Crippen LogP contribution in [0.5, 0.6) is 0 Å². The van der Waals surface area contributed by atoms with E-state index in [2.05, 4.69) is 10.3 Å². The molecule has 0 aromatic carbocycles. The number of sulfonamides is 1. The molecule has 162 valence electrons. The van der Waals surface area contributed by atoms with Gasteiger partial charge in [-0.2, -0.15) is 4.31 Å². The number of aliphatic hydroxyl groups excluding tert-OH is 1. The van der Waals surface area contributed by atoms with Gasteiger partial charge in [-0.05, 0) is 44.2 Å². The predicted octanol–water partition coefficient (Wildman–Crippen LogP) is 1.01. The number of amides is 1. The lowest BCUT2D eigenvalue weighted by Crippen LogP contribution is -2.52. The molecule has 9 heteroatoms. The molecule has 29 heavy (non-hydrogen) atoms. The highest BCUT2D eigenvalue weighted by Gasteiger charge is 2.38. The summed E-state index contributed by atoms with van der Waals surface area (Å²) in [6.45, 7) is 1.71. The second kappa shape index (κ2) is 9.51. The fourth-order valence-electron chi connectivity index (χ4n) is 4.37. The molecule has 1 aromatic heterocycles. The fraction of sp³-hybridized carbons (Fsp3) is 0.700. The lowest BCUT2D eigenvalue weighted by molar-refractivity contribution is -0.124. The number of nitrogens with one attached hydrogen (secondary N) is 1. The zero-order valence-electron chi connectivity index (χ0n) is 16.9. The molecule has 0 unspecified atom stereocenters. The van der Waals surface area contributed by atoms with Crippen molar-refractivity contribution in [1.82, 2.24) is 14.6 Å². The summed E-state index contributed by atoms with van der Waals surface area (Å²) >= 11 is 0. The summed E-state index contributed by atoms with van der Waals surface area (Å²) in [6, 6.07) is 3.28. The summed E-state index contributed by atoms with van der Waals surface area (Å²) in [7, 11) is -3.83. The van der Waals surface area contributed by atoms with Gasteiger partial charge in [-0.3, -0.25) is 4.79 Å². The highest BCUT2D eigenvalue weighted by molar-refractivity contribution is 7.89. The normalized spacial score (nSPS) is 28.0. The molecule has 8 nitrogen and oxygen atoms in total. The van der Waals surface area contributed by atoms with Crippen LogP contribution in [0.2, 0.25) is 0 Å². The van der Waals surface area contributed by atoms with Crippen molar-refractivity contribution in [2.45, 2.75) is 81.1 Å². The third kappa shape index (κ3) is 5.33. The Morgan fingerprint density at radius 2 is 2.03 bits per heavy atom. The van der Waals surface area contributed by atoms with Crippen LogP contribution in [-0.2, 0) is 14.8 Å². The largest absolute Gasteiger partial charge is 0.390 e. The first-order valence-corrected chi connectivity index (χ1v) is 11.9. The molecule has 3 rings (SSSR count). The number of aliphatic hydroxyl groups is 1. The third-order valence-corrected chi connectivity index (χ3v) is 8.05. The lowest BCUT2D eigenvalue weighted by atomic mass is 9.97. The second-order valence-corrected chi connectivity index (χ2v) is 10.2. The Morgan fingerprint density at radius 1 is 1.31 bits per heavy atom. The number of carbonyl (C=O) groups is 1. The van der Waals surface area contributed by atoms with Gasteiger partial charge < -0.3 is 16.2 Å². The van der Waals surface area contributed by atoms with Crippen LogP contribution in [-0.4, -0.2) is 59.5 Å². The van der Waals surface area contributed by atoms with Crippen molar-refractivity contribution in [3.05, 3.63) is 24.4 Å². The number of aromatic nitrogens is 1. The van der Waals surface area contributed by atoms with E-state index < -0.39 is 28.2 Å². The summed E-state index contributed by atoms with van der Waals surface area (Å²) < 4.78 is 27.2. The maximum atomic E-state index is 13.0. The molecule has 1 aliphatic heterocycles. The van der Waals surface area contributed by atoms with Gasteiger partial charge in [0.05, 0.1) is 18.2 Å². The minimum absolute atomic E-state index is 0.0416. The van der Waals surface area contributed by atoms with Crippen LogP contribution in [0, 0.1) is 5.92 Å². The predicted molar refractivity (Wildman–Crippen MR) is 109 cm³/mol. The van der Waals surface area contributed by atoms with Crippen molar-refractivity contribution in [3.8, 4) is 0 Å². The maximum absolute atomic E-state index is 13.0. The van der Waals surface area contributed by atoms with Crippen molar-refractivity contribution < 1.29 is 18.3 Å². The summed E-state index contributed by atoms with van der Waals surface area (Å²) in [6.07, 6.45) is 6.70. The van der Waals surface area contributed by atoms with Crippen LogP contribution in [0.15, 0.2) is 29.4 Å². The first-order valence-electron chi connectivity index (χ1n) is 10.5. The monoisotopic (exact) mass is 424 g/mol. The second-order valence-electron chi connectivity index (χ2n) is 8.34. The number of nitrogens with zero attached hydrogens (tertiary/aromatic N) is 2. The van der Waals surface area contributed by atoms with E-state index in [9.17, 15) is 18.3 Å². The molecular formula is C20H32N4O4S. The molecular weight excluding hydrogens is 392 g/mol. The van der Waals surface area contributed by atoms with Gasteiger partial charge >= 0.3 is 0 Å². The highest BCUT2D eigenvalue weighted by atomic mass is 32.2. The Bertz CT molecular complexity index is 783. The van der Waals surface area contributed by atoms with Gasteiger partial charge in [-0.15, -0.1) is 0 Å². The van der Waals surface area contributed by atoms with E-state index in [1.165, 1.54) is 29.4 Å². The summed E-state index contributed by atoms with van der Waals surface area (Å²) in [4.78, 5) is 16.5. The molecule has 1 amide bonds. The minimum Gasteiger partial charge on any atom is -0.390 e. The number of β-amino-alcohol motifs (C(OH)–C–C–N with tert-alkyl or cyclic N) is 1. The Labute approximate surface area is 172 Å². The number of pyridine rings is 1. The SMILES string of the molecule is C[C@@H]1CC[C@H](NC(=O)[C@@H](N)CC2CCCC2)[C@@H](O)CN1S(=O)(=O)c1ccccn1. The van der Waals surface area contributed by atoms with Crippen LogP contribution in [0.3, 0.4) is 0 Å². The first kappa shape index (κ1) is 22.1. The Hall–Kier alpha value is -1.55. The zero-order chi connectivity index (χ0) is 21.0. The molecule has 1 aliphatic carbocycles. The molecule has 2 heterocycles. The van der Waals surface area contributed by atoms with Crippen LogP contribution < -0.4 is 11.1 Å². The van der Waals surface area contributed by atoms with Crippen LogP contribution in [0.4, 0.5) is 0 Å². The Balaban J connectivity index is 1.64. The maximum Gasteiger partial charge on any atom is 0.260 e. The van der Waals surface area contributed by atoms with Crippen molar-refractivity contribution in [2.24, 2.45) is 11.7 Å². The molecule has 2 aliphatic rings. The molecule has 1 aromatic rings. The van der Waals surface area contributed by atoms with Gasteiger partial charge in [0.1, 0.15) is 0 Å². The van der Waals surface area contributed by atoms with Gasteiger partial charge in [0.2, 0.25) is 5.91 Å². The van der Waals surface area contributed by atoms with E-state index in [1.807, 2.05) is 6.92 Å². The van der Waals surface area contributed by atoms with Crippen molar-refractivity contribution >= 4 is 15.9 Å². The zero-order valence-corrected chi connectivity index (χ0v) is 17.7. The van der Waals surface area contributed by atoms with Crippen LogP contribution in [0.1, 0.15) is 51.9 Å². The topological polar surface area (TPSA) is 126 Å². The van der Waals surface area contributed by atoms with E-state index in [-0.39, 0.29) is 23.5 Å². The number of nitrogens with two attached hydrogens (primary N) is 1. The molecule has 4 atom stereocenters. The van der Waals surface area contributed by atoms with E-state index in [0.29, 0.717) is 25.2 Å². The smallest absolute Gasteiger partial charge is 0.260 e. The third-order valence-electron chi connectivity index (χ3n) is 6.16. The number of hydrogen-bond acceptors (Lipinski definition) is 6. The fourth-order valence-corrected chi connectivity index (χ4v) is 5.99. The molecule has 1 saturated heterocycles. The molecule has 0 bridgehead atoms. The van der Waals surface area contributed by atoms with E-state index in [0.717, 1.165) is 12.8 Å². The van der Waals surface area contributed by atoms with E-state index >= 15 is 0 Å². The average molecular weight is 425 g/mol. The molecule has 4 N–H and O–H groups in total. The summed E-state index contributed by atoms with van der Waals surface area (Å²) in [5.41, 5.74) is 6.09. The quantitative estimate of drug-likeness (QED) is 0.626. The molecule has 2 fully saturated rings. The van der Waals surface area contributed by atoms with Gasteiger partial charge in [-0.25, -0.2) is 13.4 Å². The lowest BCUT2D eigenvalue weighted by Gasteiger charge is -2.28. The molecule has 1 saturated carbocycles. The summed E-state index contributed by atoms with van der Waals surface area (Å²) in [5, 5.41) is 13.5. The van der Waals surface area contributed by atoms with Crippen LogP contribution >= 0.6 is 0 Å². The van der Waals surface area contributed by atoms with E-state index in [4.69, 9.17) is 5.73 Å². The number of carbonyl (C=O) groups excluding carboxylic acids is 1. The average Bonchev–Trinajstić information content (AvgIpc) is 3.17. The summed E-state index contributed by atoms with van der Waals surface area (Å²) in [5.74, 6) is 0.225. The number of hydrogen-bond donors (Lipinski definition) is 3. The van der Waals surface area contributed by atoms with Gasteiger partial charge in [0.25, 0.3) is 10.0 Å². The van der Waals surface area contributed by atoms with Crippen molar-refractivity contribution in [1.29, 1.82) is 0 Å². The van der Waals surface area contributed by atoms with Gasteiger partial charge in [0.15, 0.2) is 5.03 Å². The van der Waals surface area contributed by atoms with E-state index in [1.54, 1.807) is 12.1 Å². The molecule has 0 radical (unpaired) electrons. The van der Waals surface area contributed by atoms with Crippen molar-refractivity contribution in [3.63, 3.8) is 0 Å². The number of rotatable bonds is 6. The standard InChI is InChI=1S/C20H32N4O4S/c1-14-9-10-17(23-20(26)16(21)12-15-6-2-3-7-15)18(25)13-24(14)29(27,28)19-8-4-5-11-22-19/h4-5,8,11,14-18,25H,2-3,6-7,9-10,12-13,21H2,1H3,(H,23,26)/t14-,16+,17+,18+/m1/s1. The van der Waals surface area contributed by atoms with Gasteiger partial charge in [-0.1, -0.05) is 31.7 Å². The minimum atomic E-state index is -3.83. The van der Waals surface area contributed by atoms with Crippen LogP contribution in [0.25, 0.3) is 0 Å². The molecule has 0 spiro atoms. The van der Waals surface area contributed by atoms with Gasteiger partial charge in [0, 0.05) is 18.8 Å².